The summed E-state index contributed by atoms with van der Waals surface area (Å²) in [5.41, 5.74) is 0.515. The molecule has 124 valence electrons. The second kappa shape index (κ2) is 6.39. The number of aryl methyl sites for hydroxylation is 3. The Morgan fingerprint density at radius 2 is 2.26 bits per heavy atom. The van der Waals surface area contributed by atoms with Crippen molar-refractivity contribution in [3.8, 4) is 0 Å². The quantitative estimate of drug-likeness (QED) is 0.880. The Bertz CT molecular complexity index is 756. The highest BCUT2D eigenvalue weighted by Crippen LogP contribution is 2.12. The number of amides is 1. The van der Waals surface area contributed by atoms with E-state index >= 15 is 0 Å². The number of carbonyl (C=O) groups excluding carboxylic acids is 1. The van der Waals surface area contributed by atoms with Gasteiger partial charge in [0.1, 0.15) is 5.82 Å². The molecule has 0 aliphatic carbocycles. The summed E-state index contributed by atoms with van der Waals surface area (Å²) in [6.45, 7) is 3.27. The molecule has 0 radical (unpaired) electrons. The van der Waals surface area contributed by atoms with Gasteiger partial charge < -0.3 is 5.32 Å². The molecule has 23 heavy (non-hydrogen) atoms. The number of fused-ring (bicyclic) bond motifs is 1. The van der Waals surface area contributed by atoms with E-state index in [-0.39, 0.29) is 17.6 Å². The maximum atomic E-state index is 12.3. The van der Waals surface area contributed by atoms with E-state index in [1.807, 2.05) is 6.92 Å². The van der Waals surface area contributed by atoms with Crippen molar-refractivity contribution in [2.45, 2.75) is 51.7 Å². The van der Waals surface area contributed by atoms with E-state index in [1.54, 1.807) is 33.4 Å². The summed E-state index contributed by atoms with van der Waals surface area (Å²) in [6.07, 6.45) is 6.36. The summed E-state index contributed by atoms with van der Waals surface area (Å²) >= 11 is 0. The van der Waals surface area contributed by atoms with E-state index in [4.69, 9.17) is 0 Å². The van der Waals surface area contributed by atoms with Crippen molar-refractivity contribution in [1.82, 2.24) is 29.4 Å². The van der Waals surface area contributed by atoms with Crippen molar-refractivity contribution < 1.29 is 4.79 Å². The zero-order valence-corrected chi connectivity index (χ0v) is 13.5. The van der Waals surface area contributed by atoms with Gasteiger partial charge in [-0.2, -0.15) is 10.2 Å². The number of nitrogens with one attached hydrogen (secondary N) is 1. The van der Waals surface area contributed by atoms with Gasteiger partial charge in [-0.25, -0.2) is 9.48 Å². The van der Waals surface area contributed by atoms with Crippen molar-refractivity contribution in [1.29, 1.82) is 0 Å². The summed E-state index contributed by atoms with van der Waals surface area (Å²) in [7, 11) is 1.78. The molecule has 3 rings (SSSR count). The fourth-order valence-electron chi connectivity index (χ4n) is 2.94. The van der Waals surface area contributed by atoms with E-state index in [0.29, 0.717) is 25.1 Å². The van der Waals surface area contributed by atoms with Gasteiger partial charge in [0.2, 0.25) is 0 Å². The Balaban J connectivity index is 1.66. The van der Waals surface area contributed by atoms with Crippen molar-refractivity contribution in [3.05, 3.63) is 34.3 Å². The van der Waals surface area contributed by atoms with E-state index in [9.17, 15) is 9.59 Å². The van der Waals surface area contributed by atoms with Gasteiger partial charge in [0, 0.05) is 38.8 Å². The molecule has 1 unspecified atom stereocenters. The first-order valence-electron chi connectivity index (χ1n) is 8.04. The summed E-state index contributed by atoms with van der Waals surface area (Å²) in [5.74, 6) is 0.701. The molecule has 0 fully saturated rings. The molecule has 0 saturated carbocycles. The van der Waals surface area contributed by atoms with Crippen LogP contribution in [0.1, 0.15) is 42.4 Å². The Labute approximate surface area is 134 Å². The highest BCUT2D eigenvalue weighted by atomic mass is 16.2. The lowest BCUT2D eigenvalue weighted by Gasteiger charge is -2.15. The lowest BCUT2D eigenvalue weighted by Crippen LogP contribution is -2.35. The molecule has 0 aromatic carbocycles. The molecule has 8 nitrogen and oxygen atoms in total. The molecule has 2 aromatic rings. The van der Waals surface area contributed by atoms with Gasteiger partial charge in [0.25, 0.3) is 5.91 Å². The van der Waals surface area contributed by atoms with Crippen LogP contribution in [0.2, 0.25) is 0 Å². The topological polar surface area (TPSA) is 86.7 Å². The minimum absolute atomic E-state index is 0.0407. The summed E-state index contributed by atoms with van der Waals surface area (Å²) < 4.78 is 4.89. The molecule has 0 saturated heterocycles. The largest absolute Gasteiger partial charge is 0.349 e. The lowest BCUT2D eigenvalue weighted by atomic mass is 10.1. The number of rotatable bonds is 4. The van der Waals surface area contributed by atoms with Crippen molar-refractivity contribution >= 4 is 5.91 Å². The minimum Gasteiger partial charge on any atom is -0.349 e. The third-order valence-electron chi connectivity index (χ3n) is 4.15. The number of aromatic nitrogens is 5. The fourth-order valence-corrected chi connectivity index (χ4v) is 2.94. The normalized spacial score (nSPS) is 17.6. The zero-order chi connectivity index (χ0) is 16.4. The molecular formula is C15H22N6O2. The molecule has 8 heteroatoms. The predicted molar refractivity (Wildman–Crippen MR) is 84.2 cm³/mol. The monoisotopic (exact) mass is 318 g/mol. The highest BCUT2D eigenvalue weighted by molar-refractivity contribution is 5.93. The van der Waals surface area contributed by atoms with Crippen LogP contribution in [0.4, 0.5) is 0 Å². The third kappa shape index (κ3) is 3.20. The molecule has 1 aliphatic heterocycles. The second-order valence-corrected chi connectivity index (χ2v) is 5.97. The number of nitrogens with zero attached hydrogens (tertiary/aromatic N) is 5. The Kier molecular flexibility index (Phi) is 4.31. The average Bonchev–Trinajstić information content (AvgIpc) is 3.01. The second-order valence-electron chi connectivity index (χ2n) is 5.97. The van der Waals surface area contributed by atoms with Crippen molar-refractivity contribution in [2.24, 2.45) is 7.05 Å². The molecular weight excluding hydrogens is 296 g/mol. The number of hydrogen-bond acceptors (Lipinski definition) is 4. The summed E-state index contributed by atoms with van der Waals surface area (Å²) in [6, 6.07) is 0.0448. The Hall–Kier alpha value is -2.38. The first kappa shape index (κ1) is 15.5. The smallest absolute Gasteiger partial charge is 0.345 e. The highest BCUT2D eigenvalue weighted by Gasteiger charge is 2.22. The fraction of sp³-hybridized carbons (Fsp3) is 0.600. The SMILES string of the molecule is CCCn1nc2n(c1=O)CCC(NC(=O)c1cnn(C)c1)CC2. The van der Waals surface area contributed by atoms with Crippen LogP contribution in [0.15, 0.2) is 17.2 Å². The standard InChI is InChI=1S/C15H22N6O2/c1-3-7-21-15(23)20-8-6-12(4-5-13(20)18-21)17-14(22)11-9-16-19(2)10-11/h9-10,12H,3-8H2,1-2H3,(H,17,22). The maximum absolute atomic E-state index is 12.3. The molecule has 0 spiro atoms. The van der Waals surface area contributed by atoms with Crippen LogP contribution >= 0.6 is 0 Å². The van der Waals surface area contributed by atoms with Crippen molar-refractivity contribution in [3.63, 3.8) is 0 Å². The third-order valence-corrected chi connectivity index (χ3v) is 4.15. The van der Waals surface area contributed by atoms with Crippen LogP contribution in [-0.2, 0) is 26.6 Å². The van der Waals surface area contributed by atoms with Gasteiger partial charge in [0.05, 0.1) is 11.8 Å². The summed E-state index contributed by atoms with van der Waals surface area (Å²) in [4.78, 5) is 24.5. The molecule has 0 bridgehead atoms. The Morgan fingerprint density at radius 1 is 1.43 bits per heavy atom. The molecule has 2 aromatic heterocycles. The van der Waals surface area contributed by atoms with Crippen molar-refractivity contribution in [2.75, 3.05) is 0 Å². The number of carbonyl (C=O) groups is 1. The predicted octanol–water partition coefficient (Wildman–Crippen LogP) is 0.323. The van der Waals surface area contributed by atoms with E-state index in [1.165, 1.54) is 0 Å². The summed E-state index contributed by atoms with van der Waals surface area (Å²) in [5, 5.41) is 11.5. The average molecular weight is 318 g/mol. The van der Waals surface area contributed by atoms with Crippen LogP contribution < -0.4 is 11.0 Å². The maximum Gasteiger partial charge on any atom is 0.345 e. The van der Waals surface area contributed by atoms with Crippen LogP contribution in [0, 0.1) is 0 Å². The van der Waals surface area contributed by atoms with Gasteiger partial charge >= 0.3 is 5.69 Å². The number of hydrogen-bond donors (Lipinski definition) is 1. The van der Waals surface area contributed by atoms with E-state index < -0.39 is 0 Å². The van der Waals surface area contributed by atoms with E-state index in [2.05, 4.69) is 15.5 Å². The van der Waals surface area contributed by atoms with E-state index in [0.717, 1.165) is 25.1 Å². The molecule has 1 aliphatic rings. The molecule has 3 heterocycles. The molecule has 1 atom stereocenters. The van der Waals surface area contributed by atoms with Crippen LogP contribution in [0.5, 0.6) is 0 Å². The van der Waals surface area contributed by atoms with Crippen LogP contribution in [0.25, 0.3) is 0 Å². The molecule has 1 N–H and O–H groups in total. The molecule has 1 amide bonds. The first-order valence-corrected chi connectivity index (χ1v) is 8.04. The van der Waals surface area contributed by atoms with Crippen LogP contribution in [0.3, 0.4) is 0 Å². The first-order chi connectivity index (χ1) is 11.1. The Morgan fingerprint density at radius 3 is 2.96 bits per heavy atom. The van der Waals surface area contributed by atoms with Gasteiger partial charge in [-0.15, -0.1) is 0 Å². The van der Waals surface area contributed by atoms with Gasteiger partial charge in [-0.1, -0.05) is 6.92 Å². The van der Waals surface area contributed by atoms with Gasteiger partial charge in [-0.3, -0.25) is 14.0 Å². The lowest BCUT2D eigenvalue weighted by molar-refractivity contribution is 0.0933. The van der Waals surface area contributed by atoms with Crippen LogP contribution in [-0.4, -0.2) is 36.1 Å². The zero-order valence-electron chi connectivity index (χ0n) is 13.5. The minimum atomic E-state index is -0.119. The van der Waals surface area contributed by atoms with Gasteiger partial charge in [0.15, 0.2) is 0 Å². The van der Waals surface area contributed by atoms with Gasteiger partial charge in [-0.05, 0) is 19.3 Å².